The van der Waals surface area contributed by atoms with Gasteiger partial charge in [-0.2, -0.15) is 0 Å². The third-order valence-electron chi connectivity index (χ3n) is 1.90. The molecular formula is C11H16N2O2. The summed E-state index contributed by atoms with van der Waals surface area (Å²) in [6.45, 7) is 4.70. The van der Waals surface area contributed by atoms with Gasteiger partial charge in [-0.1, -0.05) is 13.8 Å². The summed E-state index contributed by atoms with van der Waals surface area (Å²) in [5.74, 6) is 0.376. The number of pyridine rings is 1. The van der Waals surface area contributed by atoms with E-state index < -0.39 is 0 Å². The quantitative estimate of drug-likeness (QED) is 0.779. The second kappa shape index (κ2) is 5.34. The van der Waals surface area contributed by atoms with Crippen molar-refractivity contribution in [3.63, 3.8) is 0 Å². The molecule has 1 rings (SSSR count). The molecule has 2 N–H and O–H groups in total. The number of hydrogen-bond acceptors (Lipinski definition) is 3. The standard InChI is InChI=1S/C11H16N2O2/c1-8(2)7-13-11(15)6-9-10(14)4-3-5-12-9/h3-5,8,14H,6-7H2,1-2H3,(H,13,15). The van der Waals surface area contributed by atoms with E-state index in [-0.39, 0.29) is 18.1 Å². The van der Waals surface area contributed by atoms with Crippen LogP contribution in [0.15, 0.2) is 18.3 Å². The van der Waals surface area contributed by atoms with Crippen molar-refractivity contribution in [2.75, 3.05) is 6.54 Å². The molecule has 1 amide bonds. The van der Waals surface area contributed by atoms with Gasteiger partial charge >= 0.3 is 0 Å². The van der Waals surface area contributed by atoms with Crippen LogP contribution in [0.25, 0.3) is 0 Å². The van der Waals surface area contributed by atoms with Crippen molar-refractivity contribution in [3.05, 3.63) is 24.0 Å². The topological polar surface area (TPSA) is 62.2 Å². The largest absolute Gasteiger partial charge is 0.506 e. The molecule has 0 radical (unpaired) electrons. The molecule has 0 saturated carbocycles. The maximum Gasteiger partial charge on any atom is 0.226 e. The van der Waals surface area contributed by atoms with E-state index in [4.69, 9.17) is 0 Å². The Morgan fingerprint density at radius 1 is 1.60 bits per heavy atom. The molecule has 1 aromatic heterocycles. The summed E-state index contributed by atoms with van der Waals surface area (Å²) in [7, 11) is 0. The first-order valence-electron chi connectivity index (χ1n) is 4.99. The highest BCUT2D eigenvalue weighted by molar-refractivity contribution is 5.78. The van der Waals surface area contributed by atoms with Crippen molar-refractivity contribution in [2.45, 2.75) is 20.3 Å². The van der Waals surface area contributed by atoms with Crippen LogP contribution in [0, 0.1) is 5.92 Å². The first kappa shape index (κ1) is 11.5. The third kappa shape index (κ3) is 3.97. The number of nitrogens with one attached hydrogen (secondary N) is 1. The Balaban J connectivity index is 2.48. The minimum Gasteiger partial charge on any atom is -0.506 e. The van der Waals surface area contributed by atoms with Gasteiger partial charge in [-0.15, -0.1) is 0 Å². The molecule has 1 aromatic rings. The molecule has 0 spiro atoms. The van der Waals surface area contributed by atoms with Gasteiger partial charge in [0.05, 0.1) is 12.1 Å². The van der Waals surface area contributed by atoms with Gasteiger partial charge < -0.3 is 10.4 Å². The Kier molecular flexibility index (Phi) is 4.09. The van der Waals surface area contributed by atoms with Crippen molar-refractivity contribution in [3.8, 4) is 5.75 Å². The zero-order chi connectivity index (χ0) is 11.3. The van der Waals surface area contributed by atoms with E-state index in [1.165, 1.54) is 6.07 Å². The van der Waals surface area contributed by atoms with Crippen LogP contribution in [-0.4, -0.2) is 22.5 Å². The normalized spacial score (nSPS) is 10.3. The molecule has 0 saturated heterocycles. The van der Waals surface area contributed by atoms with Crippen molar-refractivity contribution < 1.29 is 9.90 Å². The molecule has 4 nitrogen and oxygen atoms in total. The monoisotopic (exact) mass is 208 g/mol. The smallest absolute Gasteiger partial charge is 0.226 e. The Labute approximate surface area is 89.3 Å². The highest BCUT2D eigenvalue weighted by Crippen LogP contribution is 2.12. The SMILES string of the molecule is CC(C)CNC(=O)Cc1ncccc1O. The minimum atomic E-state index is -0.113. The van der Waals surface area contributed by atoms with Crippen LogP contribution >= 0.6 is 0 Å². The highest BCUT2D eigenvalue weighted by atomic mass is 16.3. The summed E-state index contributed by atoms with van der Waals surface area (Å²) in [5.41, 5.74) is 0.416. The van der Waals surface area contributed by atoms with E-state index in [9.17, 15) is 9.90 Å². The highest BCUT2D eigenvalue weighted by Gasteiger charge is 2.08. The van der Waals surface area contributed by atoms with E-state index >= 15 is 0 Å². The number of rotatable bonds is 4. The van der Waals surface area contributed by atoms with Crippen molar-refractivity contribution in [1.82, 2.24) is 10.3 Å². The second-order valence-corrected chi connectivity index (χ2v) is 3.84. The van der Waals surface area contributed by atoms with Gasteiger partial charge in [-0.3, -0.25) is 9.78 Å². The van der Waals surface area contributed by atoms with Crippen molar-refractivity contribution in [2.24, 2.45) is 5.92 Å². The van der Waals surface area contributed by atoms with E-state index in [1.54, 1.807) is 12.3 Å². The van der Waals surface area contributed by atoms with E-state index in [1.807, 2.05) is 13.8 Å². The van der Waals surface area contributed by atoms with Crippen LogP contribution in [0.1, 0.15) is 19.5 Å². The number of aromatic hydroxyl groups is 1. The summed E-state index contributed by atoms with van der Waals surface area (Å²) >= 11 is 0. The third-order valence-corrected chi connectivity index (χ3v) is 1.90. The summed E-state index contributed by atoms with van der Waals surface area (Å²) in [5, 5.41) is 12.2. The van der Waals surface area contributed by atoms with Gasteiger partial charge in [0.1, 0.15) is 5.75 Å². The molecule has 0 aliphatic rings. The number of hydrogen-bond donors (Lipinski definition) is 2. The fraction of sp³-hybridized carbons (Fsp3) is 0.455. The Morgan fingerprint density at radius 2 is 2.33 bits per heavy atom. The molecule has 15 heavy (non-hydrogen) atoms. The lowest BCUT2D eigenvalue weighted by Gasteiger charge is -2.07. The molecule has 1 heterocycles. The van der Waals surface area contributed by atoms with Crippen LogP contribution < -0.4 is 5.32 Å². The molecule has 0 unspecified atom stereocenters. The van der Waals surface area contributed by atoms with Gasteiger partial charge in [-0.05, 0) is 18.1 Å². The lowest BCUT2D eigenvalue weighted by Crippen LogP contribution is -2.28. The Morgan fingerprint density at radius 3 is 2.93 bits per heavy atom. The summed E-state index contributed by atoms with van der Waals surface area (Å²) < 4.78 is 0. The van der Waals surface area contributed by atoms with Crippen molar-refractivity contribution >= 4 is 5.91 Å². The number of amides is 1. The van der Waals surface area contributed by atoms with Crippen LogP contribution in [0.5, 0.6) is 5.75 Å². The Hall–Kier alpha value is -1.58. The number of nitrogens with zero attached hydrogens (tertiary/aromatic N) is 1. The maximum atomic E-state index is 11.4. The minimum absolute atomic E-state index is 0.0668. The zero-order valence-electron chi connectivity index (χ0n) is 9.03. The van der Waals surface area contributed by atoms with Gasteiger partial charge in [-0.25, -0.2) is 0 Å². The molecule has 0 atom stereocenters. The van der Waals surface area contributed by atoms with E-state index in [2.05, 4.69) is 10.3 Å². The maximum absolute atomic E-state index is 11.4. The van der Waals surface area contributed by atoms with Crippen LogP contribution in [0.3, 0.4) is 0 Å². The Bertz CT molecular complexity index is 337. The molecule has 0 aliphatic heterocycles. The molecule has 0 aromatic carbocycles. The first-order chi connectivity index (χ1) is 7.09. The number of carbonyl (C=O) groups excluding carboxylic acids is 1. The molecule has 0 aliphatic carbocycles. The molecule has 0 fully saturated rings. The van der Waals surface area contributed by atoms with Crippen LogP contribution in [-0.2, 0) is 11.2 Å². The molecule has 82 valence electrons. The summed E-state index contributed by atoms with van der Waals surface area (Å²) in [4.78, 5) is 15.3. The lowest BCUT2D eigenvalue weighted by molar-refractivity contribution is -0.120. The van der Waals surface area contributed by atoms with E-state index in [0.717, 1.165) is 0 Å². The number of aromatic nitrogens is 1. The number of carbonyl (C=O) groups is 1. The van der Waals surface area contributed by atoms with E-state index in [0.29, 0.717) is 18.2 Å². The average Bonchev–Trinajstić information content (AvgIpc) is 2.18. The molecule has 4 heteroatoms. The zero-order valence-corrected chi connectivity index (χ0v) is 9.03. The molecular weight excluding hydrogens is 192 g/mol. The molecule has 0 bridgehead atoms. The average molecular weight is 208 g/mol. The fourth-order valence-corrected chi connectivity index (χ4v) is 1.10. The summed E-state index contributed by atoms with van der Waals surface area (Å²) in [6.07, 6.45) is 1.68. The fourth-order valence-electron chi connectivity index (χ4n) is 1.10. The van der Waals surface area contributed by atoms with Crippen LogP contribution in [0.4, 0.5) is 0 Å². The second-order valence-electron chi connectivity index (χ2n) is 3.84. The predicted molar refractivity (Wildman–Crippen MR) is 57.5 cm³/mol. The van der Waals surface area contributed by atoms with Gasteiger partial charge in [0.2, 0.25) is 5.91 Å². The predicted octanol–water partition coefficient (Wildman–Crippen LogP) is 1.10. The first-order valence-corrected chi connectivity index (χ1v) is 4.99. The van der Waals surface area contributed by atoms with Crippen molar-refractivity contribution in [1.29, 1.82) is 0 Å². The van der Waals surface area contributed by atoms with Gasteiger partial charge in [0, 0.05) is 12.7 Å². The summed E-state index contributed by atoms with van der Waals surface area (Å²) in [6, 6.07) is 3.16. The lowest BCUT2D eigenvalue weighted by atomic mass is 10.2. The van der Waals surface area contributed by atoms with Crippen LogP contribution in [0.2, 0.25) is 0 Å². The van der Waals surface area contributed by atoms with Gasteiger partial charge in [0.25, 0.3) is 0 Å². The van der Waals surface area contributed by atoms with Gasteiger partial charge in [0.15, 0.2) is 0 Å².